The van der Waals surface area contributed by atoms with E-state index in [9.17, 15) is 28.7 Å². The van der Waals surface area contributed by atoms with Crippen molar-refractivity contribution < 1.29 is 23.9 Å². The number of aryl methyl sites for hydroxylation is 1. The molecule has 0 atom stereocenters. The van der Waals surface area contributed by atoms with Crippen LogP contribution in [0.1, 0.15) is 39.9 Å². The van der Waals surface area contributed by atoms with Crippen LogP contribution in [0.25, 0.3) is 0 Å². The number of aromatic nitrogens is 1. The fourth-order valence-electron chi connectivity index (χ4n) is 5.23. The Bertz CT molecular complexity index is 1630. The first kappa shape index (κ1) is 29.0. The van der Waals surface area contributed by atoms with Gasteiger partial charge in [0.2, 0.25) is 12.3 Å². The van der Waals surface area contributed by atoms with Crippen LogP contribution in [0.3, 0.4) is 0 Å². The molecule has 1 saturated heterocycles. The summed E-state index contributed by atoms with van der Waals surface area (Å²) >= 11 is 0. The van der Waals surface area contributed by atoms with Gasteiger partial charge in [-0.25, -0.2) is 4.39 Å². The van der Waals surface area contributed by atoms with E-state index >= 15 is 0 Å². The normalized spacial score (nSPS) is 14.8. The van der Waals surface area contributed by atoms with Crippen LogP contribution in [0.15, 0.2) is 47.3 Å². The van der Waals surface area contributed by atoms with Crippen molar-refractivity contribution in [2.75, 3.05) is 30.4 Å². The number of aliphatic hydroxyl groups excluding tert-OH is 1. The fourth-order valence-corrected chi connectivity index (χ4v) is 5.23. The van der Waals surface area contributed by atoms with E-state index in [-0.39, 0.29) is 59.8 Å². The number of amides is 3. The molecule has 2 N–H and O–H groups in total. The minimum absolute atomic E-state index is 0.0193. The molecule has 2 aliphatic rings. The number of carbonyl (C=O) groups excluding carboxylic acids is 3. The molecule has 1 aliphatic heterocycles. The highest BCUT2D eigenvalue weighted by molar-refractivity contribution is 6.09. The third-order valence-electron chi connectivity index (χ3n) is 7.90. The average molecular weight is 576 g/mol. The molecule has 0 bridgehead atoms. The number of pyridine rings is 1. The van der Waals surface area contributed by atoms with Crippen molar-refractivity contribution >= 4 is 41.1 Å². The van der Waals surface area contributed by atoms with E-state index in [0.717, 1.165) is 12.8 Å². The summed E-state index contributed by atoms with van der Waals surface area (Å²) in [6.07, 6.45) is 1.73. The lowest BCUT2D eigenvalue weighted by atomic mass is 10.0. The van der Waals surface area contributed by atoms with Gasteiger partial charge in [-0.3, -0.25) is 28.6 Å². The lowest BCUT2D eigenvalue weighted by Crippen LogP contribution is -2.53. The number of hydrogen-bond acceptors (Lipinski definition) is 6. The lowest BCUT2D eigenvalue weighted by Gasteiger charge is -2.36. The maximum atomic E-state index is 15.0. The van der Waals surface area contributed by atoms with Gasteiger partial charge >= 0.3 is 0 Å². The summed E-state index contributed by atoms with van der Waals surface area (Å²) in [6, 6.07) is 11.4. The Labute approximate surface area is 243 Å². The van der Waals surface area contributed by atoms with Crippen molar-refractivity contribution in [3.8, 4) is 0 Å². The first-order valence-corrected chi connectivity index (χ1v) is 13.8. The standard InChI is InChI=1S/C31H34FN5O5/c1-18-8-11-25(24(32)12-18)33-29-27(31(42)34(3)21-9-10-21)28(19(2)30(41)35(29)4)37(17-38)22-7-5-6-20(13-22)14-26(40)36-15-23(39)16-36/h5-8,11-13,17,21,23,33,39H,9-10,14-16H2,1-4H3. The Morgan fingerprint density at radius 2 is 1.86 bits per heavy atom. The van der Waals surface area contributed by atoms with Gasteiger partial charge in [-0.2, -0.15) is 0 Å². The minimum atomic E-state index is -0.558. The molecule has 0 unspecified atom stereocenters. The summed E-state index contributed by atoms with van der Waals surface area (Å²) in [6.45, 7) is 3.86. The zero-order chi connectivity index (χ0) is 30.3. The Kier molecular flexibility index (Phi) is 7.87. The summed E-state index contributed by atoms with van der Waals surface area (Å²) in [7, 11) is 3.16. The summed E-state index contributed by atoms with van der Waals surface area (Å²) in [5, 5.41) is 12.5. The molecule has 0 radical (unpaired) electrons. The number of nitrogens with one attached hydrogen (secondary N) is 1. The van der Waals surface area contributed by atoms with Gasteiger partial charge in [-0.15, -0.1) is 0 Å². The zero-order valence-electron chi connectivity index (χ0n) is 24.1. The monoisotopic (exact) mass is 575 g/mol. The molecule has 220 valence electrons. The SMILES string of the molecule is Cc1ccc(Nc2c(C(=O)N(C)C3CC3)c(N(C=O)c3cccc(CC(=O)N4CC(O)C4)c3)c(C)c(=O)n2C)c(F)c1. The van der Waals surface area contributed by atoms with Gasteiger partial charge in [-0.1, -0.05) is 18.2 Å². The first-order chi connectivity index (χ1) is 20.0. The Morgan fingerprint density at radius 3 is 2.48 bits per heavy atom. The first-order valence-electron chi connectivity index (χ1n) is 13.8. The largest absolute Gasteiger partial charge is 0.389 e. The van der Waals surface area contributed by atoms with Crippen LogP contribution in [0, 0.1) is 19.7 Å². The molecular weight excluding hydrogens is 541 g/mol. The lowest BCUT2D eigenvalue weighted by molar-refractivity contribution is -0.140. The number of nitrogens with zero attached hydrogens (tertiary/aromatic N) is 4. The van der Waals surface area contributed by atoms with Gasteiger partial charge in [0.05, 0.1) is 23.9 Å². The predicted octanol–water partition coefficient (Wildman–Crippen LogP) is 3.16. The van der Waals surface area contributed by atoms with Gasteiger partial charge in [0, 0.05) is 44.5 Å². The second-order valence-corrected chi connectivity index (χ2v) is 11.1. The third kappa shape index (κ3) is 5.52. The molecule has 2 fully saturated rings. The van der Waals surface area contributed by atoms with Crippen LogP contribution < -0.4 is 15.8 Å². The molecule has 2 heterocycles. The molecule has 3 aromatic rings. The van der Waals surface area contributed by atoms with Crippen molar-refractivity contribution in [1.82, 2.24) is 14.4 Å². The van der Waals surface area contributed by atoms with Crippen LogP contribution in [-0.2, 0) is 23.1 Å². The maximum Gasteiger partial charge on any atom is 0.259 e. The Morgan fingerprint density at radius 1 is 1.14 bits per heavy atom. The molecule has 42 heavy (non-hydrogen) atoms. The second-order valence-electron chi connectivity index (χ2n) is 11.1. The van der Waals surface area contributed by atoms with Crippen LogP contribution in [0.5, 0.6) is 0 Å². The average Bonchev–Trinajstić information content (AvgIpc) is 3.79. The van der Waals surface area contributed by atoms with E-state index in [0.29, 0.717) is 23.2 Å². The molecule has 1 saturated carbocycles. The molecule has 10 nitrogen and oxygen atoms in total. The predicted molar refractivity (Wildman–Crippen MR) is 157 cm³/mol. The van der Waals surface area contributed by atoms with Gasteiger partial charge in [0.1, 0.15) is 17.2 Å². The molecule has 11 heteroatoms. The van der Waals surface area contributed by atoms with E-state index in [1.54, 1.807) is 61.0 Å². The van der Waals surface area contributed by atoms with Crippen LogP contribution >= 0.6 is 0 Å². The number of benzene rings is 2. The van der Waals surface area contributed by atoms with E-state index in [4.69, 9.17) is 0 Å². The summed E-state index contributed by atoms with van der Waals surface area (Å²) < 4.78 is 16.2. The van der Waals surface area contributed by atoms with Crippen molar-refractivity contribution in [1.29, 1.82) is 0 Å². The Hall–Kier alpha value is -4.51. The summed E-state index contributed by atoms with van der Waals surface area (Å²) in [4.78, 5) is 57.4. The number of aliphatic hydroxyl groups is 1. The van der Waals surface area contributed by atoms with E-state index in [1.807, 2.05) is 0 Å². The quantitative estimate of drug-likeness (QED) is 0.379. The van der Waals surface area contributed by atoms with E-state index in [2.05, 4.69) is 5.32 Å². The number of rotatable bonds is 9. The van der Waals surface area contributed by atoms with E-state index < -0.39 is 23.4 Å². The van der Waals surface area contributed by atoms with Gasteiger partial charge < -0.3 is 20.2 Å². The molecule has 3 amide bonds. The number of carbonyl (C=O) groups is 3. The van der Waals surface area contributed by atoms with Crippen molar-refractivity contribution in [3.63, 3.8) is 0 Å². The number of likely N-dealkylation sites (tertiary alicyclic amines) is 1. The summed E-state index contributed by atoms with van der Waals surface area (Å²) in [5.74, 6) is -1.09. The summed E-state index contributed by atoms with van der Waals surface area (Å²) in [5.41, 5.74) is 1.56. The van der Waals surface area contributed by atoms with Crippen molar-refractivity contribution in [3.05, 3.63) is 80.9 Å². The Balaban J connectivity index is 1.64. The highest BCUT2D eigenvalue weighted by Gasteiger charge is 2.36. The highest BCUT2D eigenvalue weighted by Crippen LogP contribution is 2.38. The highest BCUT2D eigenvalue weighted by atomic mass is 19.1. The fraction of sp³-hybridized carbons (Fsp3) is 0.355. The number of anilines is 4. The van der Waals surface area contributed by atoms with Crippen molar-refractivity contribution in [2.45, 2.75) is 45.3 Å². The number of halogens is 1. The van der Waals surface area contributed by atoms with Gasteiger partial charge in [0.15, 0.2) is 0 Å². The van der Waals surface area contributed by atoms with Gasteiger partial charge in [0.25, 0.3) is 11.5 Å². The molecular formula is C31H34FN5O5. The smallest absolute Gasteiger partial charge is 0.259 e. The van der Waals surface area contributed by atoms with Crippen molar-refractivity contribution in [2.24, 2.45) is 7.05 Å². The molecule has 2 aromatic carbocycles. The number of β-amino-alcohol motifs (C(OH)–C–C–N with tert-alkyl or cyclic N) is 1. The topological polar surface area (TPSA) is 115 Å². The van der Waals surface area contributed by atoms with Gasteiger partial charge in [-0.05, 0) is 62.1 Å². The van der Waals surface area contributed by atoms with Crippen LogP contribution in [0.4, 0.5) is 27.3 Å². The van der Waals surface area contributed by atoms with Crippen LogP contribution in [-0.4, -0.2) is 70.0 Å². The van der Waals surface area contributed by atoms with E-state index in [1.165, 1.54) is 28.6 Å². The maximum absolute atomic E-state index is 15.0. The second kappa shape index (κ2) is 11.4. The minimum Gasteiger partial charge on any atom is -0.389 e. The molecule has 1 aliphatic carbocycles. The zero-order valence-corrected chi connectivity index (χ0v) is 24.1. The molecule has 5 rings (SSSR count). The molecule has 0 spiro atoms. The third-order valence-corrected chi connectivity index (χ3v) is 7.90. The number of hydrogen-bond donors (Lipinski definition) is 2. The van der Waals surface area contributed by atoms with Crippen LogP contribution in [0.2, 0.25) is 0 Å². The molecule has 1 aromatic heterocycles.